The van der Waals surface area contributed by atoms with Gasteiger partial charge in [-0.2, -0.15) is 0 Å². The second-order valence-corrected chi connectivity index (χ2v) is 8.20. The summed E-state index contributed by atoms with van der Waals surface area (Å²) in [4.78, 5) is 23.2. The van der Waals surface area contributed by atoms with Crippen LogP contribution in [0.1, 0.15) is 68.4 Å². The molecular formula is C21H27ClFNO3. The van der Waals surface area contributed by atoms with E-state index in [0.29, 0.717) is 42.0 Å². The molecule has 1 amide bonds. The SMILES string of the molecule is O=C(O)CCCc1ccc(Cl)c(C(C2CCCCC2)C2CCNC2=O)c1F. The van der Waals surface area contributed by atoms with Crippen LogP contribution in [0.5, 0.6) is 0 Å². The maximum atomic E-state index is 15.5. The van der Waals surface area contributed by atoms with Gasteiger partial charge in [-0.05, 0) is 49.7 Å². The number of amides is 1. The molecule has 0 aromatic heterocycles. The number of aryl methyl sites for hydroxylation is 1. The molecule has 1 aliphatic carbocycles. The number of nitrogens with one attached hydrogen (secondary N) is 1. The highest BCUT2D eigenvalue weighted by Crippen LogP contribution is 2.46. The van der Waals surface area contributed by atoms with Crippen LogP contribution < -0.4 is 5.32 Å². The van der Waals surface area contributed by atoms with Gasteiger partial charge in [-0.15, -0.1) is 0 Å². The van der Waals surface area contributed by atoms with E-state index in [4.69, 9.17) is 16.7 Å². The van der Waals surface area contributed by atoms with Gasteiger partial charge in [0.05, 0.1) is 0 Å². The second kappa shape index (κ2) is 9.05. The molecule has 27 heavy (non-hydrogen) atoms. The lowest BCUT2D eigenvalue weighted by Crippen LogP contribution is -2.30. The van der Waals surface area contributed by atoms with Crippen molar-refractivity contribution in [2.45, 2.75) is 63.7 Å². The molecule has 1 heterocycles. The average molecular weight is 396 g/mol. The van der Waals surface area contributed by atoms with Crippen molar-refractivity contribution in [2.75, 3.05) is 6.54 Å². The van der Waals surface area contributed by atoms with E-state index in [1.54, 1.807) is 12.1 Å². The Bertz CT molecular complexity index is 703. The van der Waals surface area contributed by atoms with E-state index in [2.05, 4.69) is 5.32 Å². The number of carboxylic acids is 1. The normalized spacial score (nSPS) is 21.9. The van der Waals surface area contributed by atoms with Crippen LogP contribution in [-0.2, 0) is 16.0 Å². The molecule has 4 nitrogen and oxygen atoms in total. The fraction of sp³-hybridized carbons (Fsp3) is 0.619. The van der Waals surface area contributed by atoms with Gasteiger partial charge in [-0.1, -0.05) is 36.9 Å². The number of aliphatic carboxylic acids is 1. The van der Waals surface area contributed by atoms with Crippen LogP contribution >= 0.6 is 11.6 Å². The molecule has 3 rings (SSSR count). The Hall–Kier alpha value is -1.62. The minimum Gasteiger partial charge on any atom is -0.481 e. The number of hydrogen-bond donors (Lipinski definition) is 2. The monoisotopic (exact) mass is 395 g/mol. The molecule has 0 bridgehead atoms. The topological polar surface area (TPSA) is 66.4 Å². The van der Waals surface area contributed by atoms with Gasteiger partial charge >= 0.3 is 5.97 Å². The molecule has 2 atom stereocenters. The summed E-state index contributed by atoms with van der Waals surface area (Å²) < 4.78 is 15.5. The smallest absolute Gasteiger partial charge is 0.303 e. The first kappa shape index (κ1) is 20.1. The molecule has 6 heteroatoms. The lowest BCUT2D eigenvalue weighted by molar-refractivity contribution is -0.137. The second-order valence-electron chi connectivity index (χ2n) is 7.79. The van der Waals surface area contributed by atoms with Crippen molar-refractivity contribution in [3.05, 3.63) is 34.1 Å². The van der Waals surface area contributed by atoms with Gasteiger partial charge in [0.15, 0.2) is 0 Å². The fourth-order valence-electron chi connectivity index (χ4n) is 4.76. The standard InChI is InChI=1S/C21H27ClFNO3/c22-16-10-9-14(7-4-8-17(25)26)20(23)19(16)18(13-5-2-1-3-6-13)15-11-12-24-21(15)27/h9-10,13,15,18H,1-8,11-12H2,(H,24,27)(H,25,26). The predicted molar refractivity (Wildman–Crippen MR) is 102 cm³/mol. The van der Waals surface area contributed by atoms with Gasteiger partial charge in [0.25, 0.3) is 0 Å². The van der Waals surface area contributed by atoms with Gasteiger partial charge in [-0.25, -0.2) is 4.39 Å². The van der Waals surface area contributed by atoms with Crippen molar-refractivity contribution in [2.24, 2.45) is 11.8 Å². The molecule has 2 fully saturated rings. The molecule has 2 N–H and O–H groups in total. The fourth-order valence-corrected chi connectivity index (χ4v) is 5.03. The summed E-state index contributed by atoms with van der Waals surface area (Å²) in [6, 6.07) is 3.36. The Morgan fingerprint density at radius 3 is 2.63 bits per heavy atom. The van der Waals surface area contributed by atoms with E-state index >= 15 is 4.39 Å². The van der Waals surface area contributed by atoms with Crippen LogP contribution in [0.15, 0.2) is 12.1 Å². The first-order valence-corrected chi connectivity index (χ1v) is 10.3. The average Bonchev–Trinajstić information content (AvgIpc) is 3.06. The van der Waals surface area contributed by atoms with Crippen LogP contribution in [0.25, 0.3) is 0 Å². The highest BCUT2D eigenvalue weighted by atomic mass is 35.5. The zero-order valence-corrected chi connectivity index (χ0v) is 16.2. The van der Waals surface area contributed by atoms with Crippen molar-refractivity contribution in [1.29, 1.82) is 0 Å². The van der Waals surface area contributed by atoms with Crippen molar-refractivity contribution < 1.29 is 19.1 Å². The first-order chi connectivity index (χ1) is 13.0. The van der Waals surface area contributed by atoms with Gasteiger partial charge in [-0.3, -0.25) is 9.59 Å². The lowest BCUT2D eigenvalue weighted by atomic mass is 9.70. The molecule has 0 radical (unpaired) electrons. The number of hydrogen-bond acceptors (Lipinski definition) is 2. The third kappa shape index (κ3) is 4.63. The molecule has 0 spiro atoms. The van der Waals surface area contributed by atoms with E-state index < -0.39 is 5.97 Å². The first-order valence-electron chi connectivity index (χ1n) is 9.95. The third-order valence-electron chi connectivity index (χ3n) is 6.06. The number of carbonyl (C=O) groups is 2. The molecule has 2 aliphatic rings. The summed E-state index contributed by atoms with van der Waals surface area (Å²) in [6.07, 6.45) is 6.84. The minimum absolute atomic E-state index is 0.00248. The van der Waals surface area contributed by atoms with Crippen molar-refractivity contribution in [3.63, 3.8) is 0 Å². The van der Waals surface area contributed by atoms with Crippen molar-refractivity contribution in [1.82, 2.24) is 5.32 Å². The van der Waals surface area contributed by atoms with Crippen LogP contribution in [0.3, 0.4) is 0 Å². The van der Waals surface area contributed by atoms with Crippen LogP contribution in [0.4, 0.5) is 4.39 Å². The number of carbonyl (C=O) groups excluding carboxylic acids is 1. The minimum atomic E-state index is -0.882. The largest absolute Gasteiger partial charge is 0.481 e. The highest BCUT2D eigenvalue weighted by molar-refractivity contribution is 6.31. The Morgan fingerprint density at radius 2 is 2.00 bits per heavy atom. The summed E-state index contributed by atoms with van der Waals surface area (Å²) in [5.74, 6) is -1.42. The molecule has 1 aromatic carbocycles. The quantitative estimate of drug-likeness (QED) is 0.704. The highest BCUT2D eigenvalue weighted by Gasteiger charge is 2.40. The number of carboxylic acid groups (broad SMARTS) is 1. The van der Waals surface area contributed by atoms with Crippen molar-refractivity contribution >= 4 is 23.5 Å². The summed E-state index contributed by atoms with van der Waals surface area (Å²) >= 11 is 6.46. The van der Waals surface area contributed by atoms with E-state index in [9.17, 15) is 9.59 Å². The summed E-state index contributed by atoms with van der Waals surface area (Å²) in [6.45, 7) is 0.629. The third-order valence-corrected chi connectivity index (χ3v) is 6.39. The van der Waals surface area contributed by atoms with E-state index in [1.807, 2.05) is 0 Å². The van der Waals surface area contributed by atoms with E-state index in [1.165, 1.54) is 6.42 Å². The van der Waals surface area contributed by atoms with Gasteiger partial charge < -0.3 is 10.4 Å². The van der Waals surface area contributed by atoms with Gasteiger partial charge in [0.2, 0.25) is 5.91 Å². The zero-order valence-electron chi connectivity index (χ0n) is 15.5. The summed E-state index contributed by atoms with van der Waals surface area (Å²) in [7, 11) is 0. The number of benzene rings is 1. The number of rotatable bonds is 7. The Labute approximate surface area is 164 Å². The Kier molecular flexibility index (Phi) is 6.74. The maximum absolute atomic E-state index is 15.5. The van der Waals surface area contributed by atoms with Crippen LogP contribution in [0, 0.1) is 17.7 Å². The molecular weight excluding hydrogens is 369 g/mol. The lowest BCUT2D eigenvalue weighted by Gasteiger charge is -2.34. The van der Waals surface area contributed by atoms with E-state index in [0.717, 1.165) is 25.7 Å². The van der Waals surface area contributed by atoms with Crippen molar-refractivity contribution in [3.8, 4) is 0 Å². The Balaban J connectivity index is 1.94. The molecule has 1 aliphatic heterocycles. The van der Waals surface area contributed by atoms with E-state index in [-0.39, 0.29) is 35.9 Å². The molecule has 2 unspecified atom stereocenters. The summed E-state index contributed by atoms with van der Waals surface area (Å²) in [5.41, 5.74) is 0.966. The van der Waals surface area contributed by atoms with Gasteiger partial charge in [0, 0.05) is 35.4 Å². The van der Waals surface area contributed by atoms with Crippen LogP contribution in [-0.4, -0.2) is 23.5 Å². The molecule has 1 saturated heterocycles. The Morgan fingerprint density at radius 1 is 1.26 bits per heavy atom. The zero-order chi connectivity index (χ0) is 19.4. The summed E-state index contributed by atoms with van der Waals surface area (Å²) in [5, 5.41) is 12.1. The van der Waals surface area contributed by atoms with Crippen LogP contribution in [0.2, 0.25) is 5.02 Å². The molecule has 1 saturated carbocycles. The molecule has 148 valence electrons. The van der Waals surface area contributed by atoms with Gasteiger partial charge in [0.1, 0.15) is 5.82 Å². The number of halogens is 2. The maximum Gasteiger partial charge on any atom is 0.303 e. The molecule has 1 aromatic rings. The predicted octanol–water partition coefficient (Wildman–Crippen LogP) is 4.69.